The molecule has 18 heavy (non-hydrogen) atoms. The van der Waals surface area contributed by atoms with Crippen molar-refractivity contribution in [1.82, 2.24) is 0 Å². The van der Waals surface area contributed by atoms with Gasteiger partial charge in [-0.2, -0.15) is 0 Å². The van der Waals surface area contributed by atoms with Gasteiger partial charge in [-0.3, -0.25) is 0 Å². The van der Waals surface area contributed by atoms with Gasteiger partial charge < -0.3 is 0 Å². The molecule has 0 aromatic heterocycles. The molecule has 1 atom stereocenters. The fraction of sp³-hybridized carbons (Fsp3) is 0.200. The van der Waals surface area contributed by atoms with Gasteiger partial charge in [0, 0.05) is 0 Å². The molecular weight excluding hydrogens is 287 g/mol. The van der Waals surface area contributed by atoms with E-state index in [1.807, 2.05) is 26.0 Å². The van der Waals surface area contributed by atoms with Crippen LogP contribution in [-0.4, -0.2) is 0 Å². The molecule has 0 aliphatic heterocycles. The van der Waals surface area contributed by atoms with E-state index in [0.717, 1.165) is 16.7 Å². The Balaban J connectivity index is 2.51. The van der Waals surface area contributed by atoms with Gasteiger partial charge in [-0.25, -0.2) is 0 Å². The second-order valence-electron chi connectivity index (χ2n) is 4.37. The van der Waals surface area contributed by atoms with E-state index in [2.05, 4.69) is 18.2 Å². The van der Waals surface area contributed by atoms with Crippen molar-refractivity contribution in [2.45, 2.75) is 19.2 Å². The molecule has 94 valence electrons. The topological polar surface area (TPSA) is 0 Å². The van der Waals surface area contributed by atoms with Crippen LogP contribution in [0.1, 0.15) is 27.6 Å². The fourth-order valence-electron chi connectivity index (χ4n) is 1.92. The van der Waals surface area contributed by atoms with Crippen molar-refractivity contribution in [3.8, 4) is 0 Å². The summed E-state index contributed by atoms with van der Waals surface area (Å²) in [6, 6.07) is 11.8. The van der Waals surface area contributed by atoms with Crippen LogP contribution in [0.5, 0.6) is 0 Å². The van der Waals surface area contributed by atoms with Gasteiger partial charge in [0.2, 0.25) is 0 Å². The van der Waals surface area contributed by atoms with Crippen LogP contribution in [-0.2, 0) is 0 Å². The highest BCUT2D eigenvalue weighted by Gasteiger charge is 2.17. The van der Waals surface area contributed by atoms with Crippen molar-refractivity contribution in [2.24, 2.45) is 0 Å². The lowest BCUT2D eigenvalue weighted by Crippen LogP contribution is -1.98. The van der Waals surface area contributed by atoms with E-state index in [-0.39, 0.29) is 5.38 Å². The molecule has 0 N–H and O–H groups in total. The minimum absolute atomic E-state index is 0.281. The van der Waals surface area contributed by atoms with Crippen molar-refractivity contribution in [3.05, 3.63) is 68.7 Å². The van der Waals surface area contributed by atoms with E-state index in [4.69, 9.17) is 34.8 Å². The summed E-state index contributed by atoms with van der Waals surface area (Å²) in [5.41, 5.74) is 4.25. The van der Waals surface area contributed by atoms with E-state index >= 15 is 0 Å². The smallest absolute Gasteiger partial charge is 0.0852 e. The molecule has 0 saturated heterocycles. The predicted octanol–water partition coefficient (Wildman–Crippen LogP) is 5.94. The van der Waals surface area contributed by atoms with E-state index in [1.165, 1.54) is 5.56 Å². The highest BCUT2D eigenvalue weighted by atomic mass is 35.5. The zero-order valence-corrected chi connectivity index (χ0v) is 12.4. The summed E-state index contributed by atoms with van der Waals surface area (Å²) in [5, 5.41) is 0.779. The molecule has 0 bridgehead atoms. The fourth-order valence-corrected chi connectivity index (χ4v) is 2.81. The van der Waals surface area contributed by atoms with Gasteiger partial charge in [0.05, 0.1) is 15.4 Å². The minimum Gasteiger partial charge on any atom is -0.113 e. The summed E-state index contributed by atoms with van der Waals surface area (Å²) in [7, 11) is 0. The maximum absolute atomic E-state index is 6.54. The van der Waals surface area contributed by atoms with Crippen LogP contribution in [0.3, 0.4) is 0 Å². The van der Waals surface area contributed by atoms with Gasteiger partial charge in [-0.1, -0.05) is 59.1 Å². The standard InChI is InChI=1S/C15H13Cl3/c1-9-6-7-10(2)12(8-9)14(17)11-4-3-5-13(16)15(11)18/h3-8,14H,1-2H3. The third-order valence-corrected chi connectivity index (χ3v) is 4.27. The number of benzene rings is 2. The van der Waals surface area contributed by atoms with Crippen LogP contribution in [0.25, 0.3) is 0 Å². The molecule has 2 rings (SSSR count). The van der Waals surface area contributed by atoms with Gasteiger partial charge in [0.15, 0.2) is 0 Å². The summed E-state index contributed by atoms with van der Waals surface area (Å²) < 4.78 is 0. The predicted molar refractivity (Wildman–Crippen MR) is 80.1 cm³/mol. The summed E-state index contributed by atoms with van der Waals surface area (Å²) >= 11 is 18.8. The Hall–Kier alpha value is -0.690. The maximum atomic E-state index is 6.54. The molecule has 0 aliphatic rings. The molecule has 0 nitrogen and oxygen atoms in total. The lowest BCUT2D eigenvalue weighted by atomic mass is 9.98. The Labute approximate surface area is 122 Å². The Morgan fingerprint density at radius 1 is 0.944 bits per heavy atom. The summed E-state index contributed by atoms with van der Waals surface area (Å²) in [6.45, 7) is 4.09. The summed E-state index contributed by atoms with van der Waals surface area (Å²) in [4.78, 5) is 0. The van der Waals surface area contributed by atoms with Crippen molar-refractivity contribution in [3.63, 3.8) is 0 Å². The molecule has 0 heterocycles. The molecule has 0 radical (unpaired) electrons. The molecule has 2 aromatic rings. The molecule has 3 heteroatoms. The average molecular weight is 300 g/mol. The number of rotatable bonds is 2. The second kappa shape index (κ2) is 5.52. The maximum Gasteiger partial charge on any atom is 0.0852 e. The largest absolute Gasteiger partial charge is 0.113 e. The first-order valence-corrected chi connectivity index (χ1v) is 6.85. The zero-order valence-electron chi connectivity index (χ0n) is 10.2. The van der Waals surface area contributed by atoms with Crippen LogP contribution in [0.15, 0.2) is 36.4 Å². The van der Waals surface area contributed by atoms with Gasteiger partial charge in [-0.05, 0) is 36.6 Å². The van der Waals surface area contributed by atoms with Crippen molar-refractivity contribution >= 4 is 34.8 Å². The first-order valence-electron chi connectivity index (χ1n) is 5.66. The Morgan fingerprint density at radius 3 is 2.39 bits per heavy atom. The van der Waals surface area contributed by atoms with Crippen molar-refractivity contribution in [1.29, 1.82) is 0 Å². The molecule has 1 unspecified atom stereocenters. The van der Waals surface area contributed by atoms with E-state index in [9.17, 15) is 0 Å². The van der Waals surface area contributed by atoms with Crippen LogP contribution >= 0.6 is 34.8 Å². The van der Waals surface area contributed by atoms with Gasteiger partial charge in [-0.15, -0.1) is 11.6 Å². The van der Waals surface area contributed by atoms with Gasteiger partial charge >= 0.3 is 0 Å². The Morgan fingerprint density at radius 2 is 1.67 bits per heavy atom. The molecule has 0 fully saturated rings. The minimum atomic E-state index is -0.281. The highest BCUT2D eigenvalue weighted by molar-refractivity contribution is 6.43. The third-order valence-electron chi connectivity index (χ3n) is 2.96. The Bertz CT molecular complexity index is 574. The zero-order chi connectivity index (χ0) is 13.3. The van der Waals surface area contributed by atoms with E-state index in [0.29, 0.717) is 10.0 Å². The van der Waals surface area contributed by atoms with Crippen LogP contribution in [0.4, 0.5) is 0 Å². The first-order chi connectivity index (χ1) is 8.50. The number of alkyl halides is 1. The third kappa shape index (κ3) is 2.66. The lowest BCUT2D eigenvalue weighted by Gasteiger charge is -2.16. The SMILES string of the molecule is Cc1ccc(C)c(C(Cl)c2cccc(Cl)c2Cl)c1. The second-order valence-corrected chi connectivity index (χ2v) is 5.59. The van der Waals surface area contributed by atoms with Crippen LogP contribution < -0.4 is 0 Å². The van der Waals surface area contributed by atoms with Crippen molar-refractivity contribution < 1.29 is 0 Å². The van der Waals surface area contributed by atoms with E-state index < -0.39 is 0 Å². The van der Waals surface area contributed by atoms with Crippen LogP contribution in [0.2, 0.25) is 10.0 Å². The van der Waals surface area contributed by atoms with Gasteiger partial charge in [0.1, 0.15) is 0 Å². The highest BCUT2D eigenvalue weighted by Crippen LogP contribution is 2.38. The monoisotopic (exact) mass is 298 g/mol. The molecular formula is C15H13Cl3. The molecule has 0 amide bonds. The normalized spacial score (nSPS) is 12.5. The molecule has 2 aromatic carbocycles. The summed E-state index contributed by atoms with van der Waals surface area (Å²) in [5.74, 6) is 0. The number of hydrogen-bond donors (Lipinski definition) is 0. The number of halogens is 3. The average Bonchev–Trinajstić information content (AvgIpc) is 2.35. The van der Waals surface area contributed by atoms with Crippen molar-refractivity contribution in [2.75, 3.05) is 0 Å². The number of hydrogen-bond acceptors (Lipinski definition) is 0. The lowest BCUT2D eigenvalue weighted by molar-refractivity contribution is 1.10. The Kier molecular flexibility index (Phi) is 4.21. The molecule has 0 spiro atoms. The molecule has 0 aliphatic carbocycles. The molecule has 0 saturated carbocycles. The van der Waals surface area contributed by atoms with E-state index in [1.54, 1.807) is 6.07 Å². The van der Waals surface area contributed by atoms with Crippen LogP contribution in [0, 0.1) is 13.8 Å². The van der Waals surface area contributed by atoms with Gasteiger partial charge in [0.25, 0.3) is 0 Å². The first kappa shape index (κ1) is 13.7. The quantitative estimate of drug-likeness (QED) is 0.602. The number of aryl methyl sites for hydroxylation is 2. The summed E-state index contributed by atoms with van der Waals surface area (Å²) in [6.07, 6.45) is 0.